The minimum Gasteiger partial charge on any atom is -0.493 e. The van der Waals surface area contributed by atoms with Gasteiger partial charge < -0.3 is 9.47 Å². The summed E-state index contributed by atoms with van der Waals surface area (Å²) in [5.74, 6) is -2.99. The molecule has 1 aliphatic heterocycles. The summed E-state index contributed by atoms with van der Waals surface area (Å²) in [6.07, 6.45) is 0. The molecule has 1 aliphatic rings. The minimum atomic E-state index is -1.11. The topological polar surface area (TPSA) is 35.5 Å². The Morgan fingerprint density at radius 2 is 1.89 bits per heavy atom. The van der Waals surface area contributed by atoms with Crippen LogP contribution >= 0.6 is 0 Å². The number of ether oxygens (including phenoxy) is 2. The Labute approximate surface area is 109 Å². The maximum atomic E-state index is 13.7. The second-order valence-corrected chi connectivity index (χ2v) is 4.84. The van der Waals surface area contributed by atoms with E-state index in [9.17, 15) is 13.6 Å². The van der Waals surface area contributed by atoms with Gasteiger partial charge in [0.15, 0.2) is 11.6 Å². The summed E-state index contributed by atoms with van der Waals surface area (Å²) < 4.78 is 37.0. The predicted octanol–water partition coefficient (Wildman–Crippen LogP) is 3.08. The van der Waals surface area contributed by atoms with Crippen molar-refractivity contribution >= 4 is 11.5 Å². The number of esters is 1. The van der Waals surface area contributed by atoms with Gasteiger partial charge in [-0.2, -0.15) is 4.39 Å². The highest BCUT2D eigenvalue weighted by Crippen LogP contribution is 2.41. The maximum absolute atomic E-state index is 13.7. The van der Waals surface area contributed by atoms with Crippen LogP contribution in [0.1, 0.15) is 26.3 Å². The second kappa shape index (κ2) is 4.33. The molecule has 0 aliphatic carbocycles. The van der Waals surface area contributed by atoms with Crippen LogP contribution in [-0.2, 0) is 9.53 Å². The normalized spacial score (nSPS) is 17.7. The summed E-state index contributed by atoms with van der Waals surface area (Å²) in [5, 5.41) is 0. The summed E-state index contributed by atoms with van der Waals surface area (Å²) in [4.78, 5) is 11.9. The highest BCUT2D eigenvalue weighted by Gasteiger charge is 2.39. The molecule has 0 unspecified atom stereocenters. The first-order chi connectivity index (χ1) is 8.79. The van der Waals surface area contributed by atoms with Gasteiger partial charge in [-0.3, -0.25) is 0 Å². The molecule has 102 valence electrons. The number of carbonyl (C=O) groups is 1. The molecule has 1 aromatic rings. The molecule has 0 radical (unpaired) electrons. The average molecular weight is 268 g/mol. The summed E-state index contributed by atoms with van der Waals surface area (Å²) in [7, 11) is 1.22. The van der Waals surface area contributed by atoms with Gasteiger partial charge >= 0.3 is 5.97 Å². The standard InChI is InChI=1S/C14H14F2O3/c1-7-10(13(17)19-14(7,2)3)8-5-6-9(15)11(16)12(8)18-4/h5-6H,1-4H3. The molecule has 5 heteroatoms. The summed E-state index contributed by atoms with van der Waals surface area (Å²) >= 11 is 0. The molecule has 0 amide bonds. The third-order valence-electron chi connectivity index (χ3n) is 3.35. The van der Waals surface area contributed by atoms with E-state index in [1.165, 1.54) is 13.2 Å². The summed E-state index contributed by atoms with van der Waals surface area (Å²) in [6.45, 7) is 5.19. The summed E-state index contributed by atoms with van der Waals surface area (Å²) in [5.41, 5.74) is 0.319. The molecule has 0 fully saturated rings. The van der Waals surface area contributed by atoms with Gasteiger partial charge in [-0.1, -0.05) is 0 Å². The fourth-order valence-corrected chi connectivity index (χ4v) is 2.05. The highest BCUT2D eigenvalue weighted by molar-refractivity contribution is 6.20. The van der Waals surface area contributed by atoms with Crippen molar-refractivity contribution in [3.63, 3.8) is 0 Å². The number of rotatable bonds is 2. The smallest absolute Gasteiger partial charge is 0.339 e. The van der Waals surface area contributed by atoms with E-state index in [2.05, 4.69) is 0 Å². The maximum Gasteiger partial charge on any atom is 0.339 e. The van der Waals surface area contributed by atoms with Crippen molar-refractivity contribution in [3.05, 3.63) is 34.9 Å². The molecular weight excluding hydrogens is 254 g/mol. The van der Waals surface area contributed by atoms with E-state index >= 15 is 0 Å². The Kier molecular flexibility index (Phi) is 3.08. The van der Waals surface area contributed by atoms with E-state index in [4.69, 9.17) is 9.47 Å². The lowest BCUT2D eigenvalue weighted by Crippen LogP contribution is -2.21. The lowest BCUT2D eigenvalue weighted by molar-refractivity contribution is -0.142. The number of hydrogen-bond donors (Lipinski definition) is 0. The number of carbonyl (C=O) groups excluding carboxylic acids is 1. The molecule has 0 saturated carbocycles. The van der Waals surface area contributed by atoms with E-state index in [1.807, 2.05) is 0 Å². The van der Waals surface area contributed by atoms with Gasteiger partial charge in [0, 0.05) is 5.56 Å². The Morgan fingerprint density at radius 3 is 2.37 bits per heavy atom. The summed E-state index contributed by atoms with van der Waals surface area (Å²) in [6, 6.07) is 2.28. The van der Waals surface area contributed by atoms with Crippen LogP contribution < -0.4 is 4.74 Å². The van der Waals surface area contributed by atoms with Crippen LogP contribution in [0, 0.1) is 11.6 Å². The van der Waals surface area contributed by atoms with Crippen LogP contribution in [0.15, 0.2) is 17.7 Å². The first-order valence-electron chi connectivity index (χ1n) is 5.76. The quantitative estimate of drug-likeness (QED) is 0.773. The number of cyclic esters (lactones) is 1. The molecule has 19 heavy (non-hydrogen) atoms. The molecule has 3 nitrogen and oxygen atoms in total. The number of hydrogen-bond acceptors (Lipinski definition) is 3. The van der Waals surface area contributed by atoms with Crippen molar-refractivity contribution in [1.82, 2.24) is 0 Å². The minimum absolute atomic E-state index is 0.203. The monoisotopic (exact) mass is 268 g/mol. The van der Waals surface area contributed by atoms with E-state index < -0.39 is 23.2 Å². The first kappa shape index (κ1) is 13.5. The number of benzene rings is 1. The van der Waals surface area contributed by atoms with Crippen molar-refractivity contribution in [2.24, 2.45) is 0 Å². The van der Waals surface area contributed by atoms with Crippen molar-refractivity contribution < 1.29 is 23.0 Å². The predicted molar refractivity (Wildman–Crippen MR) is 65.7 cm³/mol. The number of halogens is 2. The Balaban J connectivity index is 2.70. The van der Waals surface area contributed by atoms with Gasteiger partial charge in [-0.25, -0.2) is 9.18 Å². The van der Waals surface area contributed by atoms with Gasteiger partial charge in [0.25, 0.3) is 0 Å². The Morgan fingerprint density at radius 1 is 1.26 bits per heavy atom. The molecule has 0 bridgehead atoms. The molecule has 0 aromatic heterocycles. The van der Waals surface area contributed by atoms with E-state index in [0.29, 0.717) is 5.57 Å². The fraction of sp³-hybridized carbons (Fsp3) is 0.357. The van der Waals surface area contributed by atoms with Crippen LogP contribution in [0.25, 0.3) is 5.57 Å². The van der Waals surface area contributed by atoms with Crippen molar-refractivity contribution in [2.45, 2.75) is 26.4 Å². The third-order valence-corrected chi connectivity index (χ3v) is 3.35. The lowest BCUT2D eigenvalue weighted by atomic mass is 9.93. The van der Waals surface area contributed by atoms with Crippen molar-refractivity contribution in [2.75, 3.05) is 7.11 Å². The molecule has 1 aromatic carbocycles. The van der Waals surface area contributed by atoms with E-state index in [0.717, 1.165) is 6.07 Å². The van der Waals surface area contributed by atoms with Crippen LogP contribution in [0.3, 0.4) is 0 Å². The molecule has 0 spiro atoms. The fourth-order valence-electron chi connectivity index (χ4n) is 2.05. The van der Waals surface area contributed by atoms with Gasteiger partial charge in [-0.15, -0.1) is 0 Å². The van der Waals surface area contributed by atoms with E-state index in [1.54, 1.807) is 20.8 Å². The largest absolute Gasteiger partial charge is 0.493 e. The van der Waals surface area contributed by atoms with Crippen molar-refractivity contribution in [1.29, 1.82) is 0 Å². The van der Waals surface area contributed by atoms with Gasteiger partial charge in [0.05, 0.1) is 12.7 Å². The molecule has 1 heterocycles. The zero-order chi connectivity index (χ0) is 14.4. The van der Waals surface area contributed by atoms with Crippen LogP contribution in [0.4, 0.5) is 8.78 Å². The zero-order valence-electron chi connectivity index (χ0n) is 11.1. The number of methoxy groups -OCH3 is 1. The highest BCUT2D eigenvalue weighted by atomic mass is 19.2. The average Bonchev–Trinajstić information content (AvgIpc) is 2.52. The lowest BCUT2D eigenvalue weighted by Gasteiger charge is -2.18. The molecular formula is C14H14F2O3. The molecule has 0 saturated heterocycles. The van der Waals surface area contributed by atoms with E-state index in [-0.39, 0.29) is 16.9 Å². The molecule has 2 rings (SSSR count). The third kappa shape index (κ3) is 1.99. The Bertz CT molecular complexity index is 589. The second-order valence-electron chi connectivity index (χ2n) is 4.84. The van der Waals surface area contributed by atoms with Gasteiger partial charge in [0.2, 0.25) is 5.82 Å². The first-order valence-corrected chi connectivity index (χ1v) is 5.76. The molecule has 0 atom stereocenters. The van der Waals surface area contributed by atoms with Gasteiger partial charge in [0.1, 0.15) is 5.60 Å². The van der Waals surface area contributed by atoms with Gasteiger partial charge in [-0.05, 0) is 38.5 Å². The van der Waals surface area contributed by atoms with Crippen molar-refractivity contribution in [3.8, 4) is 5.75 Å². The van der Waals surface area contributed by atoms with Crippen LogP contribution in [0.2, 0.25) is 0 Å². The van der Waals surface area contributed by atoms with Crippen LogP contribution in [-0.4, -0.2) is 18.7 Å². The molecule has 0 N–H and O–H groups in total. The Hall–Kier alpha value is -1.91. The zero-order valence-corrected chi connectivity index (χ0v) is 11.1. The SMILES string of the molecule is COc1c(C2=C(C)C(C)(C)OC2=O)ccc(F)c1F. The van der Waals surface area contributed by atoms with Crippen LogP contribution in [0.5, 0.6) is 5.75 Å².